The molecule has 0 bridgehead atoms. The Balaban J connectivity index is 1.43. The molecule has 0 unspecified atom stereocenters. The Morgan fingerprint density at radius 1 is 0.931 bits per heavy atom. The topological polar surface area (TPSA) is 81.7 Å². The second kappa shape index (κ2) is 7.98. The molecule has 1 heterocycles. The lowest BCUT2D eigenvalue weighted by atomic mass is 9.94. The van der Waals surface area contributed by atoms with Crippen LogP contribution in [0.5, 0.6) is 0 Å². The Morgan fingerprint density at radius 2 is 1.69 bits per heavy atom. The van der Waals surface area contributed by atoms with Crippen molar-refractivity contribution in [2.75, 3.05) is 6.54 Å². The standard InChI is InChI=1S/C23H17NO5/c25-21-18-10-4-9-17-16(11-12-19(20(17)18)22(26)29-21)8-5-13-24-23(27)28-14-15-6-2-1-3-7-15/h1-12H,13-14H2,(H,24,27). The van der Waals surface area contributed by atoms with Crippen LogP contribution in [0.1, 0.15) is 31.8 Å². The molecule has 1 aliphatic rings. The molecule has 144 valence electrons. The second-order valence-corrected chi connectivity index (χ2v) is 6.45. The zero-order valence-corrected chi connectivity index (χ0v) is 15.4. The molecule has 6 heteroatoms. The lowest BCUT2D eigenvalue weighted by Gasteiger charge is -2.16. The highest BCUT2D eigenvalue weighted by atomic mass is 16.6. The molecule has 0 fully saturated rings. The van der Waals surface area contributed by atoms with Gasteiger partial charge in [-0.15, -0.1) is 0 Å². The quantitative estimate of drug-likeness (QED) is 0.527. The number of alkyl carbamates (subject to hydrolysis) is 1. The fourth-order valence-corrected chi connectivity index (χ4v) is 3.21. The van der Waals surface area contributed by atoms with Crippen LogP contribution in [0.25, 0.3) is 16.8 Å². The molecule has 6 nitrogen and oxygen atoms in total. The van der Waals surface area contributed by atoms with Crippen LogP contribution in [0.15, 0.2) is 66.7 Å². The first-order valence-corrected chi connectivity index (χ1v) is 9.07. The third-order valence-electron chi connectivity index (χ3n) is 4.57. The molecule has 0 saturated heterocycles. The lowest BCUT2D eigenvalue weighted by Crippen LogP contribution is -2.24. The van der Waals surface area contributed by atoms with Crippen molar-refractivity contribution >= 4 is 34.9 Å². The monoisotopic (exact) mass is 387 g/mol. The molecule has 1 amide bonds. The van der Waals surface area contributed by atoms with Gasteiger partial charge in [0, 0.05) is 11.9 Å². The molecule has 0 aromatic heterocycles. The van der Waals surface area contributed by atoms with Crippen molar-refractivity contribution in [1.29, 1.82) is 0 Å². The van der Waals surface area contributed by atoms with E-state index in [2.05, 4.69) is 5.32 Å². The van der Waals surface area contributed by atoms with Crippen LogP contribution < -0.4 is 5.32 Å². The van der Waals surface area contributed by atoms with Crippen LogP contribution in [0.3, 0.4) is 0 Å². The van der Waals surface area contributed by atoms with Crippen LogP contribution in [-0.2, 0) is 16.1 Å². The van der Waals surface area contributed by atoms with Crippen LogP contribution in [-0.4, -0.2) is 24.6 Å². The van der Waals surface area contributed by atoms with E-state index < -0.39 is 18.0 Å². The van der Waals surface area contributed by atoms with E-state index in [1.165, 1.54) is 0 Å². The Bertz CT molecular complexity index is 1110. The third kappa shape index (κ3) is 3.87. The van der Waals surface area contributed by atoms with Crippen molar-refractivity contribution in [3.63, 3.8) is 0 Å². The number of amides is 1. The first-order valence-electron chi connectivity index (χ1n) is 9.07. The summed E-state index contributed by atoms with van der Waals surface area (Å²) in [6, 6.07) is 18.1. The molecule has 4 rings (SSSR count). The van der Waals surface area contributed by atoms with E-state index in [1.54, 1.807) is 30.3 Å². The van der Waals surface area contributed by atoms with E-state index >= 15 is 0 Å². The molecule has 1 N–H and O–H groups in total. The summed E-state index contributed by atoms with van der Waals surface area (Å²) in [5, 5.41) is 4.01. The molecule has 3 aromatic carbocycles. The maximum absolute atomic E-state index is 12.0. The van der Waals surface area contributed by atoms with Gasteiger partial charge in [0.1, 0.15) is 6.61 Å². The van der Waals surface area contributed by atoms with Gasteiger partial charge >= 0.3 is 18.0 Å². The average molecular weight is 387 g/mol. The summed E-state index contributed by atoms with van der Waals surface area (Å²) in [7, 11) is 0. The van der Waals surface area contributed by atoms with Crippen molar-refractivity contribution in [3.8, 4) is 0 Å². The van der Waals surface area contributed by atoms with Gasteiger partial charge < -0.3 is 14.8 Å². The highest BCUT2D eigenvalue weighted by Crippen LogP contribution is 2.31. The molecule has 29 heavy (non-hydrogen) atoms. The van der Waals surface area contributed by atoms with Crippen molar-refractivity contribution < 1.29 is 23.9 Å². The summed E-state index contributed by atoms with van der Waals surface area (Å²) in [5.74, 6) is -1.28. The maximum Gasteiger partial charge on any atom is 0.407 e. The minimum atomic E-state index is -0.642. The van der Waals surface area contributed by atoms with Gasteiger partial charge in [0.05, 0.1) is 11.1 Å². The smallest absolute Gasteiger partial charge is 0.407 e. The average Bonchev–Trinajstić information content (AvgIpc) is 2.74. The predicted octanol–water partition coefficient (Wildman–Crippen LogP) is 4.09. The minimum absolute atomic E-state index is 0.204. The van der Waals surface area contributed by atoms with Gasteiger partial charge in [0.2, 0.25) is 0 Å². The summed E-state index contributed by atoms with van der Waals surface area (Å²) in [5.41, 5.74) is 2.48. The van der Waals surface area contributed by atoms with Crippen molar-refractivity contribution in [2.24, 2.45) is 0 Å². The highest BCUT2D eigenvalue weighted by Gasteiger charge is 2.27. The SMILES string of the molecule is O=C(NCC=Cc1ccc2c3c(cccc13)C(=O)OC2=O)OCc1ccccc1. The Labute approximate surface area is 166 Å². The maximum atomic E-state index is 12.0. The number of carbonyl (C=O) groups is 3. The Morgan fingerprint density at radius 3 is 2.48 bits per heavy atom. The highest BCUT2D eigenvalue weighted by molar-refractivity contribution is 6.21. The first-order chi connectivity index (χ1) is 14.1. The van der Waals surface area contributed by atoms with Gasteiger partial charge in [-0.1, -0.05) is 60.7 Å². The first kappa shape index (κ1) is 18.4. The summed E-state index contributed by atoms with van der Waals surface area (Å²) >= 11 is 0. The third-order valence-corrected chi connectivity index (χ3v) is 4.57. The van der Waals surface area contributed by atoms with Crippen LogP contribution in [0, 0.1) is 0 Å². The zero-order valence-electron chi connectivity index (χ0n) is 15.4. The number of esters is 2. The largest absolute Gasteiger partial charge is 0.445 e. The van der Waals surface area contributed by atoms with Gasteiger partial charge in [-0.2, -0.15) is 0 Å². The van der Waals surface area contributed by atoms with Crippen molar-refractivity contribution in [1.82, 2.24) is 5.32 Å². The number of cyclic esters (lactones) is 2. The number of hydrogen-bond donors (Lipinski definition) is 1. The fraction of sp³-hybridized carbons (Fsp3) is 0.0870. The second-order valence-electron chi connectivity index (χ2n) is 6.45. The molecule has 0 radical (unpaired) electrons. The van der Waals surface area contributed by atoms with E-state index in [0.29, 0.717) is 16.5 Å². The van der Waals surface area contributed by atoms with Gasteiger partial charge in [0.15, 0.2) is 0 Å². The number of ether oxygens (including phenoxy) is 2. The molecule has 0 saturated carbocycles. The van der Waals surface area contributed by atoms with Gasteiger partial charge in [-0.3, -0.25) is 0 Å². The molecular weight excluding hydrogens is 370 g/mol. The van der Waals surface area contributed by atoms with E-state index in [9.17, 15) is 14.4 Å². The molecule has 0 spiro atoms. The van der Waals surface area contributed by atoms with Crippen LogP contribution in [0.2, 0.25) is 0 Å². The number of hydrogen-bond acceptors (Lipinski definition) is 5. The Kier molecular flexibility index (Phi) is 5.07. The number of rotatable bonds is 5. The van der Waals surface area contributed by atoms with Crippen LogP contribution >= 0.6 is 0 Å². The van der Waals surface area contributed by atoms with E-state index in [4.69, 9.17) is 9.47 Å². The predicted molar refractivity (Wildman–Crippen MR) is 107 cm³/mol. The summed E-state index contributed by atoms with van der Waals surface area (Å²) in [6.07, 6.45) is 3.09. The number of nitrogens with one attached hydrogen (secondary N) is 1. The molecular formula is C23H17NO5. The molecule has 0 atom stereocenters. The van der Waals surface area contributed by atoms with Gasteiger partial charge in [-0.05, 0) is 28.6 Å². The normalized spacial score (nSPS) is 12.8. The molecule has 3 aromatic rings. The van der Waals surface area contributed by atoms with Crippen molar-refractivity contribution in [3.05, 3.63) is 89.0 Å². The van der Waals surface area contributed by atoms with E-state index in [1.807, 2.05) is 42.5 Å². The minimum Gasteiger partial charge on any atom is -0.445 e. The molecule has 0 aliphatic carbocycles. The lowest BCUT2D eigenvalue weighted by molar-refractivity contribution is 0.0391. The summed E-state index contributed by atoms with van der Waals surface area (Å²) in [4.78, 5) is 35.7. The fourth-order valence-electron chi connectivity index (χ4n) is 3.21. The van der Waals surface area contributed by atoms with E-state index in [-0.39, 0.29) is 13.2 Å². The van der Waals surface area contributed by atoms with E-state index in [0.717, 1.165) is 16.5 Å². The summed E-state index contributed by atoms with van der Waals surface area (Å²) in [6.45, 7) is 0.479. The van der Waals surface area contributed by atoms with Crippen LogP contribution in [0.4, 0.5) is 4.79 Å². The Hall–Kier alpha value is -3.93. The van der Waals surface area contributed by atoms with Crippen molar-refractivity contribution in [2.45, 2.75) is 6.61 Å². The molecule has 1 aliphatic heterocycles. The summed E-state index contributed by atoms with van der Waals surface area (Å²) < 4.78 is 9.92. The van der Waals surface area contributed by atoms with Gasteiger partial charge in [-0.25, -0.2) is 14.4 Å². The number of benzene rings is 3. The number of carbonyl (C=O) groups excluding carboxylic acids is 3. The zero-order chi connectivity index (χ0) is 20.2. The van der Waals surface area contributed by atoms with Gasteiger partial charge in [0.25, 0.3) is 0 Å².